The van der Waals surface area contributed by atoms with Crippen LogP contribution in [-0.2, 0) is 23.8 Å². The summed E-state index contributed by atoms with van der Waals surface area (Å²) in [6, 6.07) is 0. The van der Waals surface area contributed by atoms with Crippen LogP contribution in [0.3, 0.4) is 0 Å². The molecule has 0 aromatic carbocycles. The topological polar surface area (TPSA) is 61.8 Å². The third-order valence-electron chi connectivity index (χ3n) is 4.76. The van der Waals surface area contributed by atoms with Crippen LogP contribution in [0.15, 0.2) is 22.7 Å². The number of carbonyl (C=O) groups excluding carboxylic acids is 2. The molecule has 0 aromatic heterocycles. The van der Waals surface area contributed by atoms with E-state index in [-0.39, 0.29) is 23.1 Å². The van der Waals surface area contributed by atoms with Gasteiger partial charge in [0.05, 0.1) is 14.2 Å². The van der Waals surface area contributed by atoms with Gasteiger partial charge in [0.15, 0.2) is 0 Å². The van der Waals surface area contributed by atoms with Crippen molar-refractivity contribution in [2.24, 2.45) is 0 Å². The summed E-state index contributed by atoms with van der Waals surface area (Å²) in [5, 5.41) is 0. The van der Waals surface area contributed by atoms with Gasteiger partial charge in [-0.2, -0.15) is 0 Å². The van der Waals surface area contributed by atoms with E-state index in [0.29, 0.717) is 17.6 Å². The molecule has 1 rings (SSSR count). The molecule has 0 radical (unpaired) electrons. The van der Waals surface area contributed by atoms with E-state index in [0.717, 1.165) is 38.9 Å². The summed E-state index contributed by atoms with van der Waals surface area (Å²) in [6.45, 7) is 5.40. The van der Waals surface area contributed by atoms with Gasteiger partial charge in [-0.25, -0.2) is 0 Å². The SMILES string of the molecule is CCOCCCCCCCCCCC1=C(C)C(=O)C(OC)=C(OC)C1=O. The van der Waals surface area contributed by atoms with E-state index in [2.05, 4.69) is 0 Å². The molecule has 1 aliphatic rings. The molecular formula is C21H34O5. The Balaban J connectivity index is 2.28. The first-order chi connectivity index (χ1) is 12.6. The molecule has 0 aliphatic heterocycles. The van der Waals surface area contributed by atoms with E-state index in [9.17, 15) is 9.59 Å². The molecule has 5 nitrogen and oxygen atoms in total. The van der Waals surface area contributed by atoms with Gasteiger partial charge in [0.2, 0.25) is 23.1 Å². The van der Waals surface area contributed by atoms with E-state index in [1.54, 1.807) is 6.92 Å². The predicted octanol–water partition coefficient (Wildman–Crippen LogP) is 4.51. The maximum atomic E-state index is 12.5. The fourth-order valence-corrected chi connectivity index (χ4v) is 3.20. The first-order valence-corrected chi connectivity index (χ1v) is 9.77. The Hall–Kier alpha value is -1.62. The molecule has 0 aromatic rings. The molecule has 0 atom stereocenters. The second-order valence-corrected chi connectivity index (χ2v) is 6.60. The number of carbonyl (C=O) groups is 2. The minimum atomic E-state index is -0.244. The van der Waals surface area contributed by atoms with Crippen molar-refractivity contribution in [3.05, 3.63) is 22.7 Å². The van der Waals surface area contributed by atoms with Crippen molar-refractivity contribution in [3.8, 4) is 0 Å². The first kappa shape index (κ1) is 22.4. The summed E-state index contributed by atoms with van der Waals surface area (Å²) in [7, 11) is 2.78. The van der Waals surface area contributed by atoms with Crippen molar-refractivity contribution in [2.45, 2.75) is 71.6 Å². The maximum Gasteiger partial charge on any atom is 0.228 e. The van der Waals surface area contributed by atoms with Crippen molar-refractivity contribution in [2.75, 3.05) is 27.4 Å². The Morgan fingerprint density at radius 1 is 0.731 bits per heavy atom. The minimum absolute atomic E-state index is 0.0167. The Morgan fingerprint density at radius 3 is 1.77 bits per heavy atom. The van der Waals surface area contributed by atoms with Crippen molar-refractivity contribution < 1.29 is 23.8 Å². The number of Topliss-reactive ketones (excluding diaryl/α,β-unsaturated/α-hetero) is 2. The monoisotopic (exact) mass is 366 g/mol. The average Bonchev–Trinajstić information content (AvgIpc) is 2.64. The molecule has 1 aliphatic carbocycles. The fourth-order valence-electron chi connectivity index (χ4n) is 3.20. The van der Waals surface area contributed by atoms with Gasteiger partial charge in [0.25, 0.3) is 0 Å². The van der Waals surface area contributed by atoms with Crippen LogP contribution in [0, 0.1) is 0 Å². The number of rotatable bonds is 14. The molecule has 0 N–H and O–H groups in total. The number of hydrogen-bond donors (Lipinski definition) is 0. The quantitative estimate of drug-likeness (QED) is 0.334. The second kappa shape index (κ2) is 12.7. The van der Waals surface area contributed by atoms with Gasteiger partial charge in [-0.1, -0.05) is 38.5 Å². The molecule has 0 unspecified atom stereocenters. The number of hydrogen-bond acceptors (Lipinski definition) is 5. The highest BCUT2D eigenvalue weighted by molar-refractivity contribution is 6.23. The predicted molar refractivity (Wildman–Crippen MR) is 102 cm³/mol. The second-order valence-electron chi connectivity index (χ2n) is 6.60. The fraction of sp³-hybridized carbons (Fsp3) is 0.714. The van der Waals surface area contributed by atoms with Crippen molar-refractivity contribution in [3.63, 3.8) is 0 Å². The van der Waals surface area contributed by atoms with Gasteiger partial charge >= 0.3 is 0 Å². The lowest BCUT2D eigenvalue weighted by atomic mass is 9.89. The van der Waals surface area contributed by atoms with Gasteiger partial charge in [-0.05, 0) is 33.1 Å². The zero-order valence-corrected chi connectivity index (χ0v) is 16.8. The number of ketones is 2. The highest BCUT2D eigenvalue weighted by Gasteiger charge is 2.34. The molecule has 0 spiro atoms. The summed E-state index contributed by atoms with van der Waals surface area (Å²) >= 11 is 0. The van der Waals surface area contributed by atoms with E-state index in [1.165, 1.54) is 39.9 Å². The Bertz CT molecular complexity index is 531. The molecule has 0 bridgehead atoms. The number of methoxy groups -OCH3 is 2. The van der Waals surface area contributed by atoms with Crippen LogP contribution < -0.4 is 0 Å². The lowest BCUT2D eigenvalue weighted by molar-refractivity contribution is -0.121. The van der Waals surface area contributed by atoms with Crippen LogP contribution in [0.1, 0.15) is 71.6 Å². The Morgan fingerprint density at radius 2 is 1.23 bits per heavy atom. The van der Waals surface area contributed by atoms with Gasteiger partial charge in [-0.15, -0.1) is 0 Å². The summed E-state index contributed by atoms with van der Waals surface area (Å²) in [6.07, 6.45) is 9.87. The number of unbranched alkanes of at least 4 members (excludes halogenated alkanes) is 7. The lowest BCUT2D eigenvalue weighted by Gasteiger charge is -2.20. The van der Waals surface area contributed by atoms with Crippen molar-refractivity contribution in [1.82, 2.24) is 0 Å². The Labute approximate surface area is 157 Å². The van der Waals surface area contributed by atoms with Crippen molar-refractivity contribution >= 4 is 11.6 Å². The molecule has 0 saturated carbocycles. The summed E-state index contributed by atoms with van der Waals surface area (Å²) < 4.78 is 15.5. The minimum Gasteiger partial charge on any atom is -0.489 e. The van der Waals surface area contributed by atoms with Crippen LogP contribution >= 0.6 is 0 Å². The van der Waals surface area contributed by atoms with Crippen LogP contribution in [-0.4, -0.2) is 39.0 Å². The average molecular weight is 366 g/mol. The number of allylic oxidation sites excluding steroid dienone is 2. The third kappa shape index (κ3) is 6.60. The third-order valence-corrected chi connectivity index (χ3v) is 4.76. The summed E-state index contributed by atoms with van der Waals surface area (Å²) in [5.74, 6) is -0.407. The zero-order chi connectivity index (χ0) is 19.4. The van der Waals surface area contributed by atoms with Crippen LogP contribution in [0.5, 0.6) is 0 Å². The van der Waals surface area contributed by atoms with E-state index < -0.39 is 0 Å². The molecule has 148 valence electrons. The van der Waals surface area contributed by atoms with E-state index in [1.807, 2.05) is 6.92 Å². The summed E-state index contributed by atoms with van der Waals surface area (Å²) in [5.41, 5.74) is 1.06. The van der Waals surface area contributed by atoms with Crippen LogP contribution in [0.25, 0.3) is 0 Å². The highest BCUT2D eigenvalue weighted by atomic mass is 16.5. The molecular weight excluding hydrogens is 332 g/mol. The maximum absolute atomic E-state index is 12.5. The molecule has 26 heavy (non-hydrogen) atoms. The molecule has 0 saturated heterocycles. The molecule has 0 fully saturated rings. The molecule has 0 heterocycles. The van der Waals surface area contributed by atoms with E-state index in [4.69, 9.17) is 14.2 Å². The van der Waals surface area contributed by atoms with E-state index >= 15 is 0 Å². The first-order valence-electron chi connectivity index (χ1n) is 9.77. The van der Waals surface area contributed by atoms with Crippen LogP contribution in [0.2, 0.25) is 0 Å². The largest absolute Gasteiger partial charge is 0.489 e. The van der Waals surface area contributed by atoms with Gasteiger partial charge in [-0.3, -0.25) is 9.59 Å². The molecule has 5 heteroatoms. The normalized spacial score (nSPS) is 15.1. The zero-order valence-electron chi connectivity index (χ0n) is 16.8. The van der Waals surface area contributed by atoms with Crippen LogP contribution in [0.4, 0.5) is 0 Å². The van der Waals surface area contributed by atoms with Gasteiger partial charge < -0.3 is 14.2 Å². The number of ether oxygens (including phenoxy) is 3. The van der Waals surface area contributed by atoms with Gasteiger partial charge in [0.1, 0.15) is 0 Å². The summed E-state index contributed by atoms with van der Waals surface area (Å²) in [4.78, 5) is 24.8. The van der Waals surface area contributed by atoms with Gasteiger partial charge in [0, 0.05) is 24.4 Å². The standard InChI is InChI=1S/C21H34O5/c1-5-26-15-13-11-9-7-6-8-10-12-14-17-16(2)18(22)20(24-3)21(25-4)19(17)23/h5-15H2,1-4H3. The Kier molecular flexibility index (Phi) is 10.9. The molecule has 0 amide bonds. The van der Waals surface area contributed by atoms with Crippen molar-refractivity contribution in [1.29, 1.82) is 0 Å². The smallest absolute Gasteiger partial charge is 0.228 e. The lowest BCUT2D eigenvalue weighted by Crippen LogP contribution is -2.25. The highest BCUT2D eigenvalue weighted by Crippen LogP contribution is 2.28.